The molecule has 2 amide bonds. The van der Waals surface area contributed by atoms with Crippen LogP contribution in [0.4, 0.5) is 16.2 Å². The van der Waals surface area contributed by atoms with Gasteiger partial charge in [-0.25, -0.2) is 4.79 Å². The molecule has 7 heteroatoms. The Balaban J connectivity index is 1.76. The number of rotatable bonds is 6. The van der Waals surface area contributed by atoms with Crippen LogP contribution in [0.15, 0.2) is 24.3 Å². The minimum absolute atomic E-state index is 0.00195. The van der Waals surface area contributed by atoms with Gasteiger partial charge in [0.25, 0.3) is 5.69 Å². The van der Waals surface area contributed by atoms with E-state index in [0.29, 0.717) is 19.0 Å². The Morgan fingerprint density at radius 1 is 1.21 bits per heavy atom. The number of carbonyl (C=O) groups excluding carboxylic acids is 1. The third-order valence-electron chi connectivity index (χ3n) is 4.23. The van der Waals surface area contributed by atoms with E-state index in [-0.39, 0.29) is 11.7 Å². The van der Waals surface area contributed by atoms with Gasteiger partial charge in [-0.1, -0.05) is 13.8 Å². The molecule has 0 bridgehead atoms. The van der Waals surface area contributed by atoms with Crippen molar-refractivity contribution in [2.24, 2.45) is 5.92 Å². The highest BCUT2D eigenvalue weighted by molar-refractivity contribution is 5.74. The first-order chi connectivity index (χ1) is 11.5. The van der Waals surface area contributed by atoms with Crippen LogP contribution in [-0.4, -0.2) is 48.6 Å². The van der Waals surface area contributed by atoms with Crippen LogP contribution in [0.1, 0.15) is 26.7 Å². The number of non-ortho nitro benzene ring substituents is 1. The Hall–Kier alpha value is -2.31. The lowest BCUT2D eigenvalue weighted by atomic mass is 10.1. The molecule has 0 saturated carbocycles. The number of carbonyl (C=O) groups is 1. The van der Waals surface area contributed by atoms with Gasteiger partial charge in [0.15, 0.2) is 0 Å². The molecule has 1 N–H and O–H groups in total. The molecule has 1 fully saturated rings. The highest BCUT2D eigenvalue weighted by Crippen LogP contribution is 2.20. The molecule has 1 aromatic carbocycles. The summed E-state index contributed by atoms with van der Waals surface area (Å²) in [6.45, 7) is 7.87. The minimum Gasteiger partial charge on any atom is -0.368 e. The average molecular weight is 334 g/mol. The number of nitrogens with zero attached hydrogens (tertiary/aromatic N) is 3. The van der Waals surface area contributed by atoms with Crippen LogP contribution < -0.4 is 10.2 Å². The molecule has 0 aliphatic carbocycles. The van der Waals surface area contributed by atoms with Crippen LogP contribution in [0.3, 0.4) is 0 Å². The van der Waals surface area contributed by atoms with Crippen LogP contribution in [0.5, 0.6) is 0 Å². The number of benzene rings is 1. The Kier molecular flexibility index (Phi) is 6.40. The molecule has 0 spiro atoms. The zero-order chi connectivity index (χ0) is 17.5. The van der Waals surface area contributed by atoms with E-state index in [4.69, 9.17) is 0 Å². The molecule has 1 aliphatic heterocycles. The first kappa shape index (κ1) is 18.0. The van der Waals surface area contributed by atoms with Gasteiger partial charge in [-0.15, -0.1) is 0 Å². The Morgan fingerprint density at radius 3 is 2.38 bits per heavy atom. The van der Waals surface area contributed by atoms with Crippen LogP contribution >= 0.6 is 0 Å². The van der Waals surface area contributed by atoms with Gasteiger partial charge in [-0.05, 0) is 30.9 Å². The van der Waals surface area contributed by atoms with Crippen LogP contribution in [0.25, 0.3) is 0 Å². The molecule has 0 unspecified atom stereocenters. The fourth-order valence-electron chi connectivity index (χ4n) is 2.77. The molecule has 132 valence electrons. The standard InChI is InChI=1S/C17H26N4O3/c1-14(2)4-3-9-18-17(22)20-12-10-19(11-13-20)15-5-7-16(8-6-15)21(23)24/h5-8,14H,3-4,9-13H2,1-2H3,(H,18,22). The summed E-state index contributed by atoms with van der Waals surface area (Å²) in [4.78, 5) is 26.4. The summed E-state index contributed by atoms with van der Waals surface area (Å²) in [6, 6.07) is 6.56. The van der Waals surface area contributed by atoms with Crippen molar-refractivity contribution in [1.29, 1.82) is 0 Å². The number of nitro groups is 1. The molecule has 0 radical (unpaired) electrons. The third kappa shape index (κ3) is 5.11. The quantitative estimate of drug-likeness (QED) is 0.493. The maximum atomic E-state index is 12.1. The van der Waals surface area contributed by atoms with Crippen molar-refractivity contribution in [2.45, 2.75) is 26.7 Å². The molecule has 1 heterocycles. The van der Waals surface area contributed by atoms with Crippen molar-refractivity contribution < 1.29 is 9.72 Å². The molecule has 1 saturated heterocycles. The van der Waals surface area contributed by atoms with Crippen LogP contribution in [-0.2, 0) is 0 Å². The van der Waals surface area contributed by atoms with Gasteiger partial charge in [0.2, 0.25) is 0 Å². The highest BCUT2D eigenvalue weighted by Gasteiger charge is 2.21. The molecule has 1 aliphatic rings. The second kappa shape index (κ2) is 8.52. The topological polar surface area (TPSA) is 78.7 Å². The second-order valence-electron chi connectivity index (χ2n) is 6.52. The summed E-state index contributed by atoms with van der Waals surface area (Å²) in [5.74, 6) is 0.659. The number of hydrogen-bond donors (Lipinski definition) is 1. The maximum absolute atomic E-state index is 12.1. The number of amides is 2. The van der Waals surface area contributed by atoms with Gasteiger partial charge >= 0.3 is 6.03 Å². The Labute approximate surface area is 142 Å². The average Bonchev–Trinajstić information content (AvgIpc) is 2.58. The summed E-state index contributed by atoms with van der Waals surface area (Å²) >= 11 is 0. The van der Waals surface area contributed by atoms with E-state index < -0.39 is 4.92 Å². The normalized spacial score (nSPS) is 14.8. The molecule has 0 atom stereocenters. The van der Waals surface area contributed by atoms with Crippen molar-refractivity contribution in [2.75, 3.05) is 37.6 Å². The lowest BCUT2D eigenvalue weighted by Crippen LogP contribution is -2.52. The van der Waals surface area contributed by atoms with Gasteiger partial charge in [0.1, 0.15) is 0 Å². The van der Waals surface area contributed by atoms with Gasteiger partial charge in [0.05, 0.1) is 4.92 Å². The largest absolute Gasteiger partial charge is 0.368 e. The zero-order valence-corrected chi connectivity index (χ0v) is 14.4. The van der Waals surface area contributed by atoms with E-state index in [1.807, 2.05) is 4.90 Å². The monoisotopic (exact) mass is 334 g/mol. The summed E-state index contributed by atoms with van der Waals surface area (Å²) in [5, 5.41) is 13.7. The van der Waals surface area contributed by atoms with E-state index in [0.717, 1.165) is 38.2 Å². The summed E-state index contributed by atoms with van der Waals surface area (Å²) in [5.41, 5.74) is 1.05. The van der Waals surface area contributed by atoms with E-state index >= 15 is 0 Å². The zero-order valence-electron chi connectivity index (χ0n) is 14.4. The van der Waals surface area contributed by atoms with Crippen molar-refractivity contribution in [3.63, 3.8) is 0 Å². The van der Waals surface area contributed by atoms with Crippen molar-refractivity contribution in [1.82, 2.24) is 10.2 Å². The molecular formula is C17H26N4O3. The van der Waals surface area contributed by atoms with Crippen LogP contribution in [0.2, 0.25) is 0 Å². The van der Waals surface area contributed by atoms with Gasteiger partial charge in [-0.2, -0.15) is 0 Å². The number of hydrogen-bond acceptors (Lipinski definition) is 4. The Morgan fingerprint density at radius 2 is 1.83 bits per heavy atom. The predicted octanol–water partition coefficient (Wildman–Crippen LogP) is 2.86. The van der Waals surface area contributed by atoms with Crippen LogP contribution in [0, 0.1) is 16.0 Å². The fourth-order valence-corrected chi connectivity index (χ4v) is 2.77. The van der Waals surface area contributed by atoms with Crippen molar-refractivity contribution in [3.8, 4) is 0 Å². The van der Waals surface area contributed by atoms with Crippen molar-refractivity contribution >= 4 is 17.4 Å². The summed E-state index contributed by atoms with van der Waals surface area (Å²) in [7, 11) is 0. The predicted molar refractivity (Wildman–Crippen MR) is 94.4 cm³/mol. The molecular weight excluding hydrogens is 308 g/mol. The number of urea groups is 1. The molecule has 2 rings (SSSR count). The molecule has 24 heavy (non-hydrogen) atoms. The fraction of sp³-hybridized carbons (Fsp3) is 0.588. The van der Waals surface area contributed by atoms with E-state index in [1.165, 1.54) is 12.1 Å². The van der Waals surface area contributed by atoms with Gasteiger partial charge < -0.3 is 15.1 Å². The lowest BCUT2D eigenvalue weighted by molar-refractivity contribution is -0.384. The smallest absolute Gasteiger partial charge is 0.317 e. The first-order valence-electron chi connectivity index (χ1n) is 8.49. The molecule has 0 aromatic heterocycles. The molecule has 1 aromatic rings. The number of anilines is 1. The first-order valence-corrected chi connectivity index (χ1v) is 8.49. The van der Waals surface area contributed by atoms with E-state index in [2.05, 4.69) is 24.1 Å². The number of nitro benzene ring substituents is 1. The number of piperazine rings is 1. The van der Waals surface area contributed by atoms with Gasteiger partial charge in [-0.3, -0.25) is 10.1 Å². The van der Waals surface area contributed by atoms with Gasteiger partial charge in [0, 0.05) is 50.5 Å². The maximum Gasteiger partial charge on any atom is 0.317 e. The SMILES string of the molecule is CC(C)CCCNC(=O)N1CCN(c2ccc([N+](=O)[O-])cc2)CC1. The van der Waals surface area contributed by atoms with E-state index in [1.54, 1.807) is 12.1 Å². The number of nitrogens with one attached hydrogen (secondary N) is 1. The lowest BCUT2D eigenvalue weighted by Gasteiger charge is -2.36. The van der Waals surface area contributed by atoms with Crippen molar-refractivity contribution in [3.05, 3.63) is 34.4 Å². The minimum atomic E-state index is -0.397. The third-order valence-corrected chi connectivity index (χ3v) is 4.23. The Bertz CT molecular complexity index is 551. The summed E-state index contributed by atoms with van der Waals surface area (Å²) < 4.78 is 0. The second-order valence-corrected chi connectivity index (χ2v) is 6.52. The molecule has 7 nitrogen and oxygen atoms in total. The van der Waals surface area contributed by atoms with E-state index in [9.17, 15) is 14.9 Å². The highest BCUT2D eigenvalue weighted by atomic mass is 16.6. The summed E-state index contributed by atoms with van der Waals surface area (Å²) in [6.07, 6.45) is 2.13.